The summed E-state index contributed by atoms with van der Waals surface area (Å²) in [7, 11) is 1.56. The van der Waals surface area contributed by atoms with Crippen molar-refractivity contribution in [1.82, 2.24) is 10.2 Å². The number of piperazine rings is 1. The van der Waals surface area contributed by atoms with Crippen molar-refractivity contribution in [2.45, 2.75) is 6.42 Å². The maximum absolute atomic E-state index is 12.4. The summed E-state index contributed by atoms with van der Waals surface area (Å²) < 4.78 is 5.07. The van der Waals surface area contributed by atoms with Crippen LogP contribution in [0.1, 0.15) is 5.56 Å². The van der Waals surface area contributed by atoms with Crippen LogP contribution in [0.15, 0.2) is 54.6 Å². The number of nitrogens with zero attached hydrogens (tertiary/aromatic N) is 2. The van der Waals surface area contributed by atoms with Crippen LogP contribution in [-0.4, -0.2) is 62.3 Å². The van der Waals surface area contributed by atoms with Crippen LogP contribution in [0.4, 0.5) is 5.69 Å². The lowest BCUT2D eigenvalue weighted by atomic mass is 10.1. The number of nitrogens with one attached hydrogen (secondary N) is 1. The second-order valence-electron chi connectivity index (χ2n) is 6.83. The van der Waals surface area contributed by atoms with Crippen LogP contribution >= 0.6 is 0 Å². The highest BCUT2D eigenvalue weighted by molar-refractivity contribution is 6.36. The zero-order valence-electron chi connectivity index (χ0n) is 16.5. The van der Waals surface area contributed by atoms with Gasteiger partial charge in [0.15, 0.2) is 0 Å². The molecule has 2 aromatic carbocycles. The first-order valence-electron chi connectivity index (χ1n) is 9.58. The smallest absolute Gasteiger partial charge is 0.288 e. The Balaban J connectivity index is 1.41. The first-order chi connectivity index (χ1) is 14.1. The molecule has 0 unspecified atom stereocenters. The molecule has 29 heavy (non-hydrogen) atoms. The van der Waals surface area contributed by atoms with E-state index in [0.717, 1.165) is 18.8 Å². The molecule has 0 radical (unpaired) electrons. The van der Waals surface area contributed by atoms with Crippen molar-refractivity contribution >= 4 is 23.3 Å². The highest BCUT2D eigenvalue weighted by Crippen LogP contribution is 2.15. The van der Waals surface area contributed by atoms with E-state index in [-0.39, 0.29) is 18.9 Å². The fraction of sp³-hybridized carbons (Fsp3) is 0.318. The van der Waals surface area contributed by atoms with Crippen LogP contribution in [0, 0.1) is 0 Å². The minimum Gasteiger partial charge on any atom is -0.497 e. The predicted octanol–water partition coefficient (Wildman–Crippen LogP) is 1.27. The average molecular weight is 395 g/mol. The maximum atomic E-state index is 12.4. The largest absolute Gasteiger partial charge is 0.497 e. The lowest BCUT2D eigenvalue weighted by molar-refractivity contribution is -0.139. The molecule has 2 amide bonds. The van der Waals surface area contributed by atoms with Crippen molar-refractivity contribution < 1.29 is 19.1 Å². The van der Waals surface area contributed by atoms with Gasteiger partial charge in [0.25, 0.3) is 5.91 Å². The highest BCUT2D eigenvalue weighted by Gasteiger charge is 2.22. The Labute approximate surface area is 170 Å². The number of carbonyl (C=O) groups excluding carboxylic acids is 3. The molecular formula is C22H25N3O4. The Morgan fingerprint density at radius 2 is 1.59 bits per heavy atom. The number of rotatable bonds is 7. The van der Waals surface area contributed by atoms with E-state index in [9.17, 15) is 14.4 Å². The molecule has 3 rings (SSSR count). The Bertz CT molecular complexity index is 844. The topological polar surface area (TPSA) is 78.9 Å². The molecule has 7 heteroatoms. The maximum Gasteiger partial charge on any atom is 0.288 e. The molecule has 0 saturated carbocycles. The molecule has 152 valence electrons. The molecule has 1 aliphatic rings. The van der Waals surface area contributed by atoms with Gasteiger partial charge < -0.3 is 19.9 Å². The predicted molar refractivity (Wildman–Crippen MR) is 110 cm³/mol. The van der Waals surface area contributed by atoms with E-state index in [0.29, 0.717) is 24.4 Å². The van der Waals surface area contributed by atoms with Crippen LogP contribution in [0.25, 0.3) is 0 Å². The number of carbonyl (C=O) groups is 3. The number of hydrogen-bond acceptors (Lipinski definition) is 5. The van der Waals surface area contributed by atoms with Gasteiger partial charge in [-0.25, -0.2) is 0 Å². The van der Waals surface area contributed by atoms with E-state index < -0.39 is 11.7 Å². The van der Waals surface area contributed by atoms with Crippen molar-refractivity contribution in [1.29, 1.82) is 0 Å². The third-order valence-corrected chi connectivity index (χ3v) is 4.93. The van der Waals surface area contributed by atoms with Crippen molar-refractivity contribution in [3.8, 4) is 5.75 Å². The quantitative estimate of drug-likeness (QED) is 0.715. The van der Waals surface area contributed by atoms with Gasteiger partial charge in [0.2, 0.25) is 11.7 Å². The minimum absolute atomic E-state index is 0.0141. The molecule has 1 heterocycles. The van der Waals surface area contributed by atoms with Crippen molar-refractivity contribution in [3.05, 3.63) is 60.2 Å². The summed E-state index contributed by atoms with van der Waals surface area (Å²) in [6, 6.07) is 17.0. The Morgan fingerprint density at radius 3 is 2.21 bits per heavy atom. The van der Waals surface area contributed by atoms with E-state index >= 15 is 0 Å². The number of para-hydroxylation sites is 1. The number of anilines is 1. The van der Waals surface area contributed by atoms with Crippen molar-refractivity contribution in [3.63, 3.8) is 0 Å². The first kappa shape index (κ1) is 20.4. The lowest BCUT2D eigenvalue weighted by Gasteiger charge is -2.36. The molecule has 0 spiro atoms. The van der Waals surface area contributed by atoms with Crippen molar-refractivity contribution in [2.24, 2.45) is 0 Å². The summed E-state index contributed by atoms with van der Waals surface area (Å²) in [6.07, 6.45) is -0.0141. The van der Waals surface area contributed by atoms with Crippen molar-refractivity contribution in [2.75, 3.05) is 44.7 Å². The third-order valence-electron chi connectivity index (χ3n) is 4.93. The molecule has 1 N–H and O–H groups in total. The number of methoxy groups -OCH3 is 1. The van der Waals surface area contributed by atoms with Crippen LogP contribution in [0.2, 0.25) is 0 Å². The molecule has 1 aliphatic heterocycles. The molecule has 0 bridgehead atoms. The second kappa shape index (κ2) is 9.73. The monoisotopic (exact) mass is 395 g/mol. The highest BCUT2D eigenvalue weighted by atomic mass is 16.5. The molecule has 1 saturated heterocycles. The van der Waals surface area contributed by atoms with E-state index in [1.807, 2.05) is 30.3 Å². The van der Waals surface area contributed by atoms with E-state index in [2.05, 4.69) is 10.2 Å². The molecule has 2 aromatic rings. The molecule has 7 nitrogen and oxygen atoms in total. The summed E-state index contributed by atoms with van der Waals surface area (Å²) in [4.78, 5) is 40.4. The molecule has 0 atom stereocenters. The van der Waals surface area contributed by atoms with Gasteiger partial charge in [0, 0.05) is 38.3 Å². The fourth-order valence-corrected chi connectivity index (χ4v) is 3.23. The number of Topliss-reactive ketones (excluding diaryl/α,β-unsaturated/α-hetero) is 1. The lowest BCUT2D eigenvalue weighted by Crippen LogP contribution is -2.51. The van der Waals surface area contributed by atoms with Crippen LogP contribution in [-0.2, 0) is 20.8 Å². The number of ketones is 1. The Morgan fingerprint density at radius 1 is 0.931 bits per heavy atom. The van der Waals surface area contributed by atoms with Gasteiger partial charge in [-0.2, -0.15) is 0 Å². The average Bonchev–Trinajstić information content (AvgIpc) is 2.78. The summed E-state index contributed by atoms with van der Waals surface area (Å²) in [5.41, 5.74) is 1.85. The number of ether oxygens (including phenoxy) is 1. The van der Waals surface area contributed by atoms with Crippen LogP contribution in [0.5, 0.6) is 5.75 Å². The van der Waals surface area contributed by atoms with E-state index in [4.69, 9.17) is 4.74 Å². The molecule has 0 aliphatic carbocycles. The zero-order valence-corrected chi connectivity index (χ0v) is 16.5. The van der Waals surface area contributed by atoms with Gasteiger partial charge in [-0.3, -0.25) is 14.4 Å². The van der Waals surface area contributed by atoms with Gasteiger partial charge in [0.1, 0.15) is 5.75 Å². The number of hydrogen-bond donors (Lipinski definition) is 1. The second-order valence-corrected chi connectivity index (χ2v) is 6.83. The third kappa shape index (κ3) is 5.57. The normalized spacial score (nSPS) is 13.7. The summed E-state index contributed by atoms with van der Waals surface area (Å²) >= 11 is 0. The minimum atomic E-state index is -0.739. The summed E-state index contributed by atoms with van der Waals surface area (Å²) in [5.74, 6) is -0.805. The SMILES string of the molecule is COc1ccc(CC(=O)C(=O)NCC(=O)N2CCN(c3ccccc3)CC2)cc1. The van der Waals surface area contributed by atoms with Gasteiger partial charge >= 0.3 is 0 Å². The van der Waals surface area contributed by atoms with Crippen LogP contribution in [0.3, 0.4) is 0 Å². The van der Waals surface area contributed by atoms with Crippen LogP contribution < -0.4 is 15.0 Å². The van der Waals surface area contributed by atoms with Gasteiger partial charge in [-0.1, -0.05) is 30.3 Å². The van der Waals surface area contributed by atoms with Gasteiger partial charge in [-0.15, -0.1) is 0 Å². The summed E-state index contributed by atoms with van der Waals surface area (Å²) in [5, 5.41) is 2.45. The molecule has 0 aromatic heterocycles. The van der Waals surface area contributed by atoms with E-state index in [1.165, 1.54) is 0 Å². The number of benzene rings is 2. The fourth-order valence-electron chi connectivity index (χ4n) is 3.23. The first-order valence-corrected chi connectivity index (χ1v) is 9.58. The molecule has 1 fully saturated rings. The standard InChI is InChI=1S/C22H25N3O4/c1-29-19-9-7-17(8-10-19)15-20(26)22(28)23-16-21(27)25-13-11-24(12-14-25)18-5-3-2-4-6-18/h2-10H,11-16H2,1H3,(H,23,28). The zero-order chi connectivity index (χ0) is 20.6. The Kier molecular flexibility index (Phi) is 6.84. The number of amides is 2. The van der Waals surface area contributed by atoms with Gasteiger partial charge in [0.05, 0.1) is 13.7 Å². The molecular weight excluding hydrogens is 370 g/mol. The van der Waals surface area contributed by atoms with Gasteiger partial charge in [-0.05, 0) is 29.8 Å². The summed E-state index contributed by atoms with van der Waals surface area (Å²) in [6.45, 7) is 2.48. The van der Waals surface area contributed by atoms with E-state index in [1.54, 1.807) is 36.3 Å². The Hall–Kier alpha value is -3.35.